The fraction of sp³-hybridized carbons (Fsp3) is 0.483. The Kier molecular flexibility index (Phi) is 6.80. The Hall–Kier alpha value is -4.17. The minimum absolute atomic E-state index is 0.105. The van der Waals surface area contributed by atoms with Crippen LogP contribution in [-0.2, 0) is 23.3 Å². The Labute approximate surface area is 232 Å². The molecule has 1 aliphatic carbocycles. The number of aliphatic hydroxyl groups is 1. The largest absolute Gasteiger partial charge is 0.459 e. The number of carbonyl (C=O) groups excluding carboxylic acids is 2. The molecule has 2 aromatic heterocycles. The van der Waals surface area contributed by atoms with E-state index in [1.807, 2.05) is 29.2 Å². The van der Waals surface area contributed by atoms with Crippen molar-refractivity contribution >= 4 is 17.5 Å². The number of amides is 2. The SMILES string of the molecule is C[C@@H]1C2CC([C@@]3(CCn4cc(CNC(=O)c5ccco5)nn4)C(=O)Nc4ccccc43)N(C#N)C[C@@H]2CC[C@@H]1O. The molecule has 1 aromatic carbocycles. The minimum Gasteiger partial charge on any atom is -0.459 e. The molecule has 2 amide bonds. The van der Waals surface area contributed by atoms with Gasteiger partial charge >= 0.3 is 0 Å². The summed E-state index contributed by atoms with van der Waals surface area (Å²) in [6.45, 7) is 3.26. The van der Waals surface area contributed by atoms with Gasteiger partial charge in [-0.1, -0.05) is 30.3 Å². The van der Waals surface area contributed by atoms with E-state index < -0.39 is 5.41 Å². The minimum atomic E-state index is -0.973. The number of hydrogen-bond donors (Lipinski definition) is 3. The zero-order valence-corrected chi connectivity index (χ0v) is 22.4. The summed E-state index contributed by atoms with van der Waals surface area (Å²) < 4.78 is 6.80. The molecule has 2 unspecified atom stereocenters. The molecule has 11 heteroatoms. The van der Waals surface area contributed by atoms with Crippen LogP contribution >= 0.6 is 0 Å². The van der Waals surface area contributed by atoms with Crippen molar-refractivity contribution in [1.29, 1.82) is 5.26 Å². The molecule has 3 N–H and O–H groups in total. The zero-order valence-electron chi connectivity index (χ0n) is 22.4. The zero-order chi connectivity index (χ0) is 27.9. The maximum absolute atomic E-state index is 13.9. The highest BCUT2D eigenvalue weighted by molar-refractivity contribution is 6.07. The maximum Gasteiger partial charge on any atom is 0.287 e. The first-order valence-electron chi connectivity index (χ1n) is 13.9. The van der Waals surface area contributed by atoms with Crippen LogP contribution in [0.4, 0.5) is 5.69 Å². The lowest BCUT2D eigenvalue weighted by molar-refractivity contribution is -0.126. The first kappa shape index (κ1) is 26.1. The highest BCUT2D eigenvalue weighted by Crippen LogP contribution is 2.51. The Morgan fingerprint density at radius 2 is 2.15 bits per heavy atom. The van der Waals surface area contributed by atoms with Gasteiger partial charge in [-0.15, -0.1) is 5.10 Å². The van der Waals surface area contributed by atoms with Gasteiger partial charge in [0.05, 0.1) is 36.6 Å². The van der Waals surface area contributed by atoms with E-state index in [2.05, 4.69) is 34.1 Å². The van der Waals surface area contributed by atoms with E-state index in [-0.39, 0.29) is 48.1 Å². The van der Waals surface area contributed by atoms with Crippen LogP contribution in [0.15, 0.2) is 53.3 Å². The number of aryl methyl sites for hydroxylation is 1. The summed E-state index contributed by atoms with van der Waals surface area (Å²) in [7, 11) is 0. The standard InChI is InChI=1S/C29H33N7O4/c1-18-21-13-26(35(17-30)15-19(21)8-9-24(18)37)29(22-5-2-3-6-23(22)32-28(29)39)10-11-36-16-20(33-34-36)14-31-27(38)25-7-4-12-40-25/h2-7,12,16,18-19,21,24,26,37H,8-11,13-15H2,1H3,(H,31,38)(H,32,39)/t18-,19+,21?,24+,26?,29+/m1/s1. The lowest BCUT2D eigenvalue weighted by Crippen LogP contribution is -2.60. The van der Waals surface area contributed by atoms with Gasteiger partial charge in [-0.25, -0.2) is 0 Å². The number of para-hydroxylation sites is 1. The van der Waals surface area contributed by atoms with Gasteiger partial charge < -0.3 is 25.1 Å². The number of carbonyl (C=O) groups is 2. The van der Waals surface area contributed by atoms with Crippen LogP contribution in [0.25, 0.3) is 0 Å². The maximum atomic E-state index is 13.9. The molecular formula is C29H33N7O4. The predicted molar refractivity (Wildman–Crippen MR) is 143 cm³/mol. The third-order valence-electron chi connectivity index (χ3n) is 9.28. The van der Waals surface area contributed by atoms with Gasteiger partial charge in [0.1, 0.15) is 5.69 Å². The van der Waals surface area contributed by atoms with Gasteiger partial charge in [-0.3, -0.25) is 14.3 Å². The van der Waals surface area contributed by atoms with E-state index in [1.165, 1.54) is 6.26 Å². The molecule has 0 radical (unpaired) electrons. The molecule has 0 bridgehead atoms. The molecule has 2 aliphatic heterocycles. The van der Waals surface area contributed by atoms with E-state index in [0.29, 0.717) is 37.5 Å². The molecule has 6 atom stereocenters. The average molecular weight is 544 g/mol. The van der Waals surface area contributed by atoms with E-state index in [4.69, 9.17) is 4.42 Å². The normalized spacial score (nSPS) is 29.3. The summed E-state index contributed by atoms with van der Waals surface area (Å²) in [5.74, 6) is 0.413. The molecule has 40 heavy (non-hydrogen) atoms. The smallest absolute Gasteiger partial charge is 0.287 e. The van der Waals surface area contributed by atoms with Gasteiger partial charge in [-0.2, -0.15) is 5.26 Å². The molecule has 0 spiro atoms. The summed E-state index contributed by atoms with van der Waals surface area (Å²) in [4.78, 5) is 28.0. The second-order valence-electron chi connectivity index (χ2n) is 11.3. The quantitative estimate of drug-likeness (QED) is 0.385. The number of nitrogens with one attached hydrogen (secondary N) is 2. The summed E-state index contributed by atoms with van der Waals surface area (Å²) >= 11 is 0. The number of fused-ring (bicyclic) bond motifs is 2. The van der Waals surface area contributed by atoms with Crippen molar-refractivity contribution in [1.82, 2.24) is 25.2 Å². The third-order valence-corrected chi connectivity index (χ3v) is 9.28. The van der Waals surface area contributed by atoms with Gasteiger partial charge in [0.15, 0.2) is 12.0 Å². The summed E-state index contributed by atoms with van der Waals surface area (Å²) in [5, 5.41) is 35.2. The van der Waals surface area contributed by atoms with Crippen LogP contribution in [0, 0.1) is 29.2 Å². The molecule has 2 fully saturated rings. The summed E-state index contributed by atoms with van der Waals surface area (Å²) in [6, 6.07) is 10.6. The summed E-state index contributed by atoms with van der Waals surface area (Å²) in [5.41, 5.74) is 1.26. The lowest BCUT2D eigenvalue weighted by Gasteiger charge is -2.52. The van der Waals surface area contributed by atoms with E-state index in [9.17, 15) is 20.0 Å². The molecular weight excluding hydrogens is 510 g/mol. The topological polar surface area (TPSA) is 149 Å². The van der Waals surface area contributed by atoms with Crippen LogP contribution < -0.4 is 10.6 Å². The van der Waals surface area contributed by atoms with Crippen molar-refractivity contribution in [2.24, 2.45) is 17.8 Å². The predicted octanol–water partition coefficient (Wildman–Crippen LogP) is 2.66. The molecule has 208 valence electrons. The highest BCUT2D eigenvalue weighted by atomic mass is 16.3. The molecule has 3 aliphatic rings. The number of aromatic nitrogens is 3. The Bertz CT molecular complexity index is 1430. The molecule has 1 saturated heterocycles. The Balaban J connectivity index is 1.26. The third kappa shape index (κ3) is 4.42. The fourth-order valence-electron chi connectivity index (χ4n) is 7.12. The number of piperidine rings is 1. The molecule has 11 nitrogen and oxygen atoms in total. The molecule has 4 heterocycles. The van der Waals surface area contributed by atoms with Crippen LogP contribution in [0.3, 0.4) is 0 Å². The lowest BCUT2D eigenvalue weighted by atomic mass is 9.61. The molecule has 6 rings (SSSR count). The van der Waals surface area contributed by atoms with Gasteiger partial charge in [0.2, 0.25) is 5.91 Å². The van der Waals surface area contributed by atoms with Crippen molar-refractivity contribution < 1.29 is 19.1 Å². The van der Waals surface area contributed by atoms with Crippen molar-refractivity contribution in [2.45, 2.75) is 63.3 Å². The molecule has 3 aromatic rings. The van der Waals surface area contributed by atoms with E-state index in [1.54, 1.807) is 23.0 Å². The Morgan fingerprint density at radius 3 is 2.95 bits per heavy atom. The summed E-state index contributed by atoms with van der Waals surface area (Å²) in [6.07, 6.45) is 7.94. The van der Waals surface area contributed by atoms with Crippen LogP contribution in [-0.4, -0.2) is 55.5 Å². The van der Waals surface area contributed by atoms with Crippen molar-refractivity contribution in [3.63, 3.8) is 0 Å². The number of hydrogen-bond acceptors (Lipinski definition) is 8. The second kappa shape index (κ2) is 10.4. The van der Waals surface area contributed by atoms with Crippen molar-refractivity contribution in [2.75, 3.05) is 11.9 Å². The van der Waals surface area contributed by atoms with Crippen molar-refractivity contribution in [3.8, 4) is 6.19 Å². The van der Waals surface area contributed by atoms with Gasteiger partial charge in [0, 0.05) is 18.8 Å². The highest BCUT2D eigenvalue weighted by Gasteiger charge is 2.57. The monoisotopic (exact) mass is 543 g/mol. The number of likely N-dealkylation sites (tertiary alicyclic amines) is 1. The van der Waals surface area contributed by atoms with Crippen LogP contribution in [0.2, 0.25) is 0 Å². The van der Waals surface area contributed by atoms with Gasteiger partial charge in [-0.05, 0) is 67.2 Å². The molecule has 1 saturated carbocycles. The number of nitrogens with zero attached hydrogens (tertiary/aromatic N) is 5. The number of aliphatic hydroxyl groups excluding tert-OH is 1. The van der Waals surface area contributed by atoms with Crippen LogP contribution in [0.1, 0.15) is 54.4 Å². The van der Waals surface area contributed by atoms with E-state index in [0.717, 1.165) is 24.1 Å². The van der Waals surface area contributed by atoms with E-state index >= 15 is 0 Å². The first-order valence-corrected chi connectivity index (χ1v) is 13.9. The first-order chi connectivity index (χ1) is 19.4. The Morgan fingerprint density at radius 1 is 1.30 bits per heavy atom. The average Bonchev–Trinajstić information content (AvgIpc) is 3.72. The number of anilines is 1. The second-order valence-corrected chi connectivity index (χ2v) is 11.3. The number of nitriles is 1. The number of rotatable bonds is 7. The fourth-order valence-corrected chi connectivity index (χ4v) is 7.12. The number of furan rings is 1. The van der Waals surface area contributed by atoms with Gasteiger partial charge in [0.25, 0.3) is 5.91 Å². The number of benzene rings is 1. The van der Waals surface area contributed by atoms with Crippen LogP contribution in [0.5, 0.6) is 0 Å². The van der Waals surface area contributed by atoms with Crippen molar-refractivity contribution in [3.05, 3.63) is 65.9 Å².